The molecule has 4 bridgehead atoms. The molecule has 10 fully saturated rings. The van der Waals surface area contributed by atoms with Crippen molar-refractivity contribution < 1.29 is 184 Å². The lowest BCUT2D eigenvalue weighted by molar-refractivity contribution is -0.316. The van der Waals surface area contributed by atoms with Crippen LogP contribution in [0.5, 0.6) is 0 Å². The number of amides is 1. The molecule has 6 saturated heterocycles. The Labute approximate surface area is 779 Å². The van der Waals surface area contributed by atoms with Gasteiger partial charge in [0.2, 0.25) is 32.6 Å². The highest BCUT2D eigenvalue weighted by Crippen LogP contribution is 2.60. The molecule has 0 spiro atoms. The number of esters is 7. The topological polar surface area (TPSA) is 496 Å². The van der Waals surface area contributed by atoms with Crippen LogP contribution in [0, 0.1) is 51.2 Å². The summed E-state index contributed by atoms with van der Waals surface area (Å²) in [6, 6.07) is 0. The first kappa shape index (κ1) is 122. The Morgan fingerprint density at radius 3 is 1.19 bits per heavy atom. The molecule has 0 radical (unpaired) electrons. The van der Waals surface area contributed by atoms with Gasteiger partial charge in [0, 0.05) is 41.2 Å². The SMILES string of the molecule is CCC(C)(C)C(=O)OC1OC2COCOC2C2OCOC12.CCC(C)(C)C(=O)OCC(C)(C)NS(=O)(=O)C(F)(F)F.CCC(C)(C)C(=O)OCCCS(=O)(=O)N(C)C.CCC(C)(C)C(=O)OCCNS(=O)(=O)C(F)(F)F.CCC(C)C(=O)OC12CC3CC(CC(OC(N)=O)(C3)C1)C2.CCC(C)C(=O)OC1OC2COCOC2C2OCOC12.CCC(C)C(=O)OCCCS(=O)(=O)N(C)C. The van der Waals surface area contributed by atoms with Crippen molar-refractivity contribution in [3.63, 3.8) is 0 Å². The van der Waals surface area contributed by atoms with Crippen LogP contribution in [0.2, 0.25) is 0 Å². The molecule has 0 aromatic heterocycles. The molecule has 0 aromatic rings. The molecule has 1 amide bonds. The van der Waals surface area contributed by atoms with Crippen LogP contribution in [-0.2, 0) is 159 Å². The Hall–Kier alpha value is -5.62. The number of rotatable bonds is 36. The zero-order chi connectivity index (χ0) is 102. The number of fused-ring (bicyclic) bond motifs is 6. The Balaban J connectivity index is 0.000000401. The minimum absolute atomic E-state index is 0.000165. The molecule has 10 aliphatic rings. The Morgan fingerprint density at radius 1 is 0.444 bits per heavy atom. The van der Waals surface area contributed by atoms with Crippen molar-refractivity contribution in [2.45, 2.75) is 324 Å². The fourth-order valence-corrected chi connectivity index (χ4v) is 16.9. The highest BCUT2D eigenvalue weighted by atomic mass is 32.2. The van der Waals surface area contributed by atoms with Gasteiger partial charge in [-0.2, -0.15) is 31.1 Å². The largest absolute Gasteiger partial charge is 0.511 e. The molecule has 778 valence electrons. The van der Waals surface area contributed by atoms with Crippen molar-refractivity contribution >= 4 is 88.0 Å². The lowest BCUT2D eigenvalue weighted by Crippen LogP contribution is -2.62. The highest BCUT2D eigenvalue weighted by molar-refractivity contribution is 7.90. The molecule has 6 heterocycles. The van der Waals surface area contributed by atoms with Crippen LogP contribution in [0.25, 0.3) is 0 Å². The number of sulfonamides is 4. The van der Waals surface area contributed by atoms with E-state index in [1.54, 1.807) is 48.5 Å². The number of hydrogen-bond donors (Lipinski definition) is 3. The van der Waals surface area contributed by atoms with Crippen molar-refractivity contribution in [2.75, 3.05) is 113 Å². The van der Waals surface area contributed by atoms with E-state index in [1.165, 1.54) is 60.1 Å². The van der Waals surface area contributed by atoms with Gasteiger partial charge in [0.25, 0.3) is 0 Å². The Kier molecular flexibility index (Phi) is 47.6. The molecular formula is C84H147F6N5O34S4. The van der Waals surface area contributed by atoms with Crippen molar-refractivity contribution in [3.8, 4) is 0 Å². The molecule has 49 heteroatoms. The highest BCUT2D eigenvalue weighted by Gasteiger charge is 2.62. The Morgan fingerprint density at radius 2 is 0.797 bits per heavy atom. The Bertz CT molecular complexity index is 4190. The number of nitrogens with zero attached hydrogens (tertiary/aromatic N) is 2. The predicted octanol–water partition coefficient (Wildman–Crippen LogP) is 9.68. The van der Waals surface area contributed by atoms with E-state index < -0.39 is 152 Å². The van der Waals surface area contributed by atoms with Crippen molar-refractivity contribution in [1.29, 1.82) is 0 Å². The van der Waals surface area contributed by atoms with E-state index in [0.29, 0.717) is 70.0 Å². The molecule has 133 heavy (non-hydrogen) atoms. The lowest BCUT2D eigenvalue weighted by atomic mass is 9.52. The van der Waals surface area contributed by atoms with E-state index in [0.717, 1.165) is 51.4 Å². The maximum Gasteiger partial charge on any atom is 0.511 e. The van der Waals surface area contributed by atoms with Crippen LogP contribution in [0.15, 0.2) is 0 Å². The number of nitrogens with one attached hydrogen (secondary N) is 2. The first-order valence-electron chi connectivity index (χ1n) is 44.5. The number of primary amides is 1. The van der Waals surface area contributed by atoms with Gasteiger partial charge in [-0.15, -0.1) is 0 Å². The molecule has 15 atom stereocenters. The fraction of sp³-hybridized carbons (Fsp3) is 0.905. The van der Waals surface area contributed by atoms with Crippen LogP contribution in [0.4, 0.5) is 31.1 Å². The minimum atomic E-state index is -5.49. The van der Waals surface area contributed by atoms with E-state index in [9.17, 15) is 98.4 Å². The van der Waals surface area contributed by atoms with Gasteiger partial charge in [0.15, 0.2) is 12.2 Å². The van der Waals surface area contributed by atoms with Gasteiger partial charge in [-0.1, -0.05) is 69.2 Å². The summed E-state index contributed by atoms with van der Waals surface area (Å²) in [5.41, 5.74) is -10.6. The second-order valence-electron chi connectivity index (χ2n) is 37.7. The van der Waals surface area contributed by atoms with Crippen LogP contribution in [-0.4, -0.2) is 292 Å². The second-order valence-corrected chi connectivity index (χ2v) is 45.7. The number of ether oxygens (including phenoxy) is 18. The molecule has 39 nitrogen and oxygen atoms in total. The standard InChI is InChI=1S/C16H25NO4.C14H22O7.C13H20O7.C11H20F3NO4S.C11H23NO4S.C10H21NO4S.C9H16F3NO4S/c1-3-10(2)13(18)20-15-5-11-4-12(6-15)8-16(7-11,9-15)21-14(17)19;1-4-14(2,3)13(15)21-12-11-10(18-7-19-11)9-8(20-12)5-16-6-17-9;1-3-7(2)12(14)20-13-11-10(17-6-18-11)9-8(19-13)4-15-5-16-9;1-6-9(2,3)8(16)19-7-10(4,5)15-20(17,18)11(12,13)14;1-6-11(2,3)10(13)16-8-7-9-17(14,15)12(4)5;1-5-9(2)10(12)15-7-6-8-16(13,14)11(3)4;1-4-8(2,3)7(14)17-6-5-13-18(15,16)9(10,11)12/h10-12H,3-9H2,1-2H3,(H2,17,19);8-12H,4-7H2,1-3H3;7-11,13H,3-6H2,1-2H3;15H,6-7H2,1-5H3;6-9H2,1-5H3;9H,5-8H2,1-4H3;13H,4-6H2,1-3H3. The average Bonchev–Trinajstić information content (AvgIpc) is 0.960. The quantitative estimate of drug-likeness (QED) is 0.0227. The summed E-state index contributed by atoms with van der Waals surface area (Å²) >= 11 is 0. The number of nitrogens with two attached hydrogens (primary N) is 1. The van der Waals surface area contributed by atoms with E-state index in [2.05, 4.69) is 4.74 Å². The summed E-state index contributed by atoms with van der Waals surface area (Å²) in [7, 11) is -11.3. The minimum Gasteiger partial charge on any atom is -0.465 e. The van der Waals surface area contributed by atoms with Crippen LogP contribution in [0.3, 0.4) is 0 Å². The zero-order valence-electron chi connectivity index (χ0n) is 81.2. The summed E-state index contributed by atoms with van der Waals surface area (Å²) in [6.07, 6.45) is 5.75. The smallest absolute Gasteiger partial charge is 0.465 e. The third kappa shape index (κ3) is 37.5. The normalized spacial score (nSPS) is 26.3. The van der Waals surface area contributed by atoms with E-state index in [1.807, 2.05) is 76.2 Å². The maximum absolute atomic E-state index is 12.3. The van der Waals surface area contributed by atoms with Crippen LogP contribution < -0.4 is 15.2 Å². The van der Waals surface area contributed by atoms with Crippen molar-refractivity contribution in [3.05, 3.63) is 0 Å². The van der Waals surface area contributed by atoms with Crippen LogP contribution >= 0.6 is 0 Å². The molecule has 6 aliphatic heterocycles. The number of halogens is 6. The van der Waals surface area contributed by atoms with Gasteiger partial charge < -0.3 is 91.0 Å². The summed E-state index contributed by atoms with van der Waals surface area (Å²) in [5, 5.41) is 0. The first-order valence-corrected chi connectivity index (χ1v) is 50.7. The predicted molar refractivity (Wildman–Crippen MR) is 465 cm³/mol. The molecular weight excluding hydrogens is 1870 g/mol. The molecule has 0 aromatic carbocycles. The van der Waals surface area contributed by atoms with E-state index in [-0.39, 0.29) is 136 Å². The number of carbonyl (C=O) groups excluding carboxylic acids is 8. The van der Waals surface area contributed by atoms with E-state index >= 15 is 0 Å². The van der Waals surface area contributed by atoms with E-state index in [4.69, 9.17) is 86.3 Å². The van der Waals surface area contributed by atoms with Gasteiger partial charge in [0.05, 0.1) is 82.9 Å². The number of alkyl halides is 6. The zero-order valence-corrected chi connectivity index (χ0v) is 84.5. The van der Waals surface area contributed by atoms with Gasteiger partial charge in [-0.3, -0.25) is 33.6 Å². The maximum atomic E-state index is 12.3. The monoisotopic (exact) mass is 2010 g/mol. The van der Waals surface area contributed by atoms with Gasteiger partial charge in [-0.05, 0) is 171 Å². The summed E-state index contributed by atoms with van der Waals surface area (Å²) < 4.78 is 263. The average molecular weight is 2010 g/mol. The number of hydrogen-bond acceptors (Lipinski definition) is 34. The number of carbonyl (C=O) groups is 8. The second kappa shape index (κ2) is 52.0. The van der Waals surface area contributed by atoms with Gasteiger partial charge in [-0.25, -0.2) is 51.8 Å². The molecule has 4 aliphatic carbocycles. The third-order valence-electron chi connectivity index (χ3n) is 24.2. The molecule has 4 saturated carbocycles. The molecule has 10 rings (SSSR count). The summed E-state index contributed by atoms with van der Waals surface area (Å²) in [6.45, 7) is 35.2. The fourth-order valence-electron chi connectivity index (χ4n) is 13.8. The van der Waals surface area contributed by atoms with Gasteiger partial charge >= 0.3 is 78.9 Å². The molecule has 4 N–H and O–H groups in total. The van der Waals surface area contributed by atoms with Crippen molar-refractivity contribution in [2.24, 2.45) is 57.0 Å². The molecule has 15 unspecified atom stereocenters. The lowest BCUT2D eigenvalue weighted by Gasteiger charge is -2.60. The summed E-state index contributed by atoms with van der Waals surface area (Å²) in [4.78, 5) is 93.6. The van der Waals surface area contributed by atoms with Gasteiger partial charge in [0.1, 0.15) is 88.2 Å². The third-order valence-corrected chi connectivity index (χ3v) is 30.7. The van der Waals surface area contributed by atoms with Crippen LogP contribution in [0.1, 0.15) is 235 Å². The first-order chi connectivity index (χ1) is 61.1. The summed E-state index contributed by atoms with van der Waals surface area (Å²) in [5.74, 6) is -1.83. The van der Waals surface area contributed by atoms with Crippen molar-refractivity contribution in [1.82, 2.24) is 18.1 Å².